The molecule has 0 spiro atoms. The summed E-state index contributed by atoms with van der Waals surface area (Å²) in [5, 5.41) is 1.17. The maximum absolute atomic E-state index is 12.2. The number of hydrogen-bond donors (Lipinski definition) is 1. The maximum Gasteiger partial charge on any atom is 0.276 e. The first kappa shape index (κ1) is 11.0. The van der Waals surface area contributed by atoms with Crippen molar-refractivity contribution < 1.29 is 9.53 Å². The lowest BCUT2D eigenvalue weighted by Gasteiger charge is -2.17. The molecule has 18 heavy (non-hydrogen) atoms. The van der Waals surface area contributed by atoms with Gasteiger partial charge in [0.1, 0.15) is 11.4 Å². The Morgan fingerprint density at radius 1 is 1.28 bits per heavy atom. The van der Waals surface area contributed by atoms with Crippen LogP contribution in [0.4, 0.5) is 5.69 Å². The van der Waals surface area contributed by atoms with E-state index in [9.17, 15) is 4.79 Å². The van der Waals surface area contributed by atoms with Gasteiger partial charge in [0.2, 0.25) is 0 Å². The van der Waals surface area contributed by atoms with Crippen LogP contribution in [0.5, 0.6) is 0 Å². The third-order valence-corrected chi connectivity index (χ3v) is 3.12. The van der Waals surface area contributed by atoms with Crippen molar-refractivity contribution in [3.8, 4) is 0 Å². The number of amides is 1. The van der Waals surface area contributed by atoms with Crippen LogP contribution in [0.3, 0.4) is 0 Å². The van der Waals surface area contributed by atoms with Crippen molar-refractivity contribution in [3.05, 3.63) is 47.7 Å². The van der Waals surface area contributed by atoms with Gasteiger partial charge in [-0.25, -0.2) is 10.9 Å². The molecule has 4 nitrogen and oxygen atoms in total. The Labute approximate surface area is 105 Å². The van der Waals surface area contributed by atoms with E-state index in [1.165, 1.54) is 5.01 Å². The summed E-state index contributed by atoms with van der Waals surface area (Å²) in [5.41, 5.74) is 1.70. The van der Waals surface area contributed by atoms with Crippen molar-refractivity contribution in [3.63, 3.8) is 0 Å². The second kappa shape index (κ2) is 3.46. The van der Waals surface area contributed by atoms with E-state index in [1.807, 2.05) is 50.3 Å². The van der Waals surface area contributed by atoms with Crippen LogP contribution in [0.25, 0.3) is 5.57 Å². The first-order valence-corrected chi connectivity index (χ1v) is 5.81. The minimum atomic E-state index is -0.375. The number of allylic oxidation sites excluding steroid dienone is 1. The van der Waals surface area contributed by atoms with Gasteiger partial charge in [-0.15, -0.1) is 0 Å². The molecule has 0 bridgehead atoms. The molecule has 2 heterocycles. The van der Waals surface area contributed by atoms with Gasteiger partial charge in [-0.1, -0.05) is 18.2 Å². The van der Waals surface area contributed by atoms with E-state index in [1.54, 1.807) is 0 Å². The Balaban J connectivity index is 2.18. The molecule has 0 saturated carbocycles. The minimum absolute atomic E-state index is 0.228. The third kappa shape index (κ3) is 1.46. The number of nitrogens with zero attached hydrogens (tertiary/aromatic N) is 1. The van der Waals surface area contributed by atoms with Crippen LogP contribution < -0.4 is 10.9 Å². The van der Waals surface area contributed by atoms with Gasteiger partial charge in [-0.05, 0) is 32.1 Å². The van der Waals surface area contributed by atoms with Gasteiger partial charge in [0.15, 0.2) is 0 Å². The summed E-state index contributed by atoms with van der Waals surface area (Å²) in [6.45, 7) is 3.89. The molecule has 1 aromatic carbocycles. The number of ether oxygens (including phenoxy) is 1. The second-order valence-corrected chi connectivity index (χ2v) is 4.97. The number of hydrogen-bond acceptors (Lipinski definition) is 3. The molecular formula is C14H14N2O2. The molecule has 2 N–H and O–H groups in total. The SMILES string of the molecule is CC1(C)C=CC(=C2C(=O)N(N)c3ccccc32)O1. The lowest BCUT2D eigenvalue weighted by atomic mass is 10.1. The van der Waals surface area contributed by atoms with Crippen LogP contribution in [-0.2, 0) is 9.53 Å². The topological polar surface area (TPSA) is 55.6 Å². The average Bonchev–Trinajstić information content (AvgIpc) is 2.80. The molecule has 0 atom stereocenters. The summed E-state index contributed by atoms with van der Waals surface area (Å²) in [6, 6.07) is 7.44. The fourth-order valence-electron chi connectivity index (χ4n) is 2.24. The quantitative estimate of drug-likeness (QED) is 0.430. The fraction of sp³-hybridized carbons (Fsp3) is 0.214. The third-order valence-electron chi connectivity index (χ3n) is 3.12. The van der Waals surface area contributed by atoms with E-state index in [-0.39, 0.29) is 11.5 Å². The Morgan fingerprint density at radius 2 is 2.00 bits per heavy atom. The van der Waals surface area contributed by atoms with Gasteiger partial charge in [-0.2, -0.15) is 0 Å². The Kier molecular flexibility index (Phi) is 2.12. The summed E-state index contributed by atoms with van der Waals surface area (Å²) in [7, 11) is 0. The van der Waals surface area contributed by atoms with Gasteiger partial charge in [0.05, 0.1) is 11.3 Å². The zero-order chi connectivity index (χ0) is 12.9. The molecule has 92 valence electrons. The average molecular weight is 242 g/mol. The maximum atomic E-state index is 12.2. The lowest BCUT2D eigenvalue weighted by Crippen LogP contribution is -2.33. The zero-order valence-corrected chi connectivity index (χ0v) is 10.3. The van der Waals surface area contributed by atoms with Crippen LogP contribution in [0.2, 0.25) is 0 Å². The van der Waals surface area contributed by atoms with Gasteiger partial charge < -0.3 is 4.74 Å². The van der Waals surface area contributed by atoms with Crippen molar-refractivity contribution in [2.24, 2.45) is 5.84 Å². The van der Waals surface area contributed by atoms with Crippen LogP contribution in [-0.4, -0.2) is 11.5 Å². The van der Waals surface area contributed by atoms with Crippen molar-refractivity contribution in [1.29, 1.82) is 0 Å². The van der Waals surface area contributed by atoms with Crippen molar-refractivity contribution >= 4 is 17.2 Å². The van der Waals surface area contributed by atoms with E-state index in [0.29, 0.717) is 17.0 Å². The predicted octanol–water partition coefficient (Wildman–Crippen LogP) is 1.98. The predicted molar refractivity (Wildman–Crippen MR) is 69.3 cm³/mol. The van der Waals surface area contributed by atoms with Crippen LogP contribution >= 0.6 is 0 Å². The van der Waals surface area contributed by atoms with Crippen LogP contribution in [0.15, 0.2) is 42.2 Å². The highest BCUT2D eigenvalue weighted by atomic mass is 16.5. The molecule has 0 radical (unpaired) electrons. The molecule has 0 aliphatic carbocycles. The van der Waals surface area contributed by atoms with Crippen molar-refractivity contribution in [2.45, 2.75) is 19.4 Å². The summed E-state index contributed by atoms with van der Waals surface area (Å²) < 4.78 is 5.77. The van der Waals surface area contributed by atoms with Gasteiger partial charge in [-0.3, -0.25) is 4.79 Å². The smallest absolute Gasteiger partial charge is 0.276 e. The highest BCUT2D eigenvalue weighted by molar-refractivity contribution is 6.32. The summed E-state index contributed by atoms with van der Waals surface area (Å²) in [4.78, 5) is 12.2. The largest absolute Gasteiger partial charge is 0.483 e. The molecule has 1 amide bonds. The van der Waals surface area contributed by atoms with E-state index in [0.717, 1.165) is 5.56 Å². The molecule has 2 aliphatic heterocycles. The van der Waals surface area contributed by atoms with Gasteiger partial charge in [0, 0.05) is 5.56 Å². The highest BCUT2D eigenvalue weighted by Gasteiger charge is 2.36. The summed E-state index contributed by atoms with van der Waals surface area (Å²) in [5.74, 6) is 6.15. The number of nitrogens with two attached hydrogens (primary N) is 1. The van der Waals surface area contributed by atoms with E-state index < -0.39 is 0 Å². The normalized spacial score (nSPS) is 24.4. The number of rotatable bonds is 0. The van der Waals surface area contributed by atoms with Crippen molar-refractivity contribution in [2.75, 3.05) is 5.01 Å². The highest BCUT2D eigenvalue weighted by Crippen LogP contribution is 2.39. The lowest BCUT2D eigenvalue weighted by molar-refractivity contribution is -0.113. The van der Waals surface area contributed by atoms with Crippen molar-refractivity contribution in [1.82, 2.24) is 0 Å². The second-order valence-electron chi connectivity index (χ2n) is 4.97. The van der Waals surface area contributed by atoms with E-state index in [2.05, 4.69) is 0 Å². The summed E-state index contributed by atoms with van der Waals surface area (Å²) in [6.07, 6.45) is 3.77. The number of hydrazine groups is 1. The van der Waals surface area contributed by atoms with E-state index >= 15 is 0 Å². The molecule has 0 aromatic heterocycles. The molecule has 0 fully saturated rings. The number of fused-ring (bicyclic) bond motifs is 1. The van der Waals surface area contributed by atoms with Gasteiger partial charge >= 0.3 is 0 Å². The molecule has 4 heteroatoms. The van der Waals surface area contributed by atoms with E-state index in [4.69, 9.17) is 10.6 Å². The Morgan fingerprint density at radius 3 is 2.67 bits per heavy atom. The zero-order valence-electron chi connectivity index (χ0n) is 10.3. The van der Waals surface area contributed by atoms with Crippen LogP contribution in [0, 0.1) is 0 Å². The molecule has 3 rings (SSSR count). The number of carbonyl (C=O) groups is 1. The number of anilines is 1. The standard InChI is InChI=1S/C14H14N2O2/c1-14(2)8-7-11(18-14)12-9-5-3-4-6-10(9)16(15)13(12)17/h3-8H,15H2,1-2H3. The number of carbonyl (C=O) groups excluding carboxylic acids is 1. The monoisotopic (exact) mass is 242 g/mol. The Bertz CT molecular complexity index is 600. The summed E-state index contributed by atoms with van der Waals surface area (Å²) >= 11 is 0. The van der Waals surface area contributed by atoms with Crippen LogP contribution in [0.1, 0.15) is 19.4 Å². The molecular weight excluding hydrogens is 228 g/mol. The fourth-order valence-corrected chi connectivity index (χ4v) is 2.24. The number of benzene rings is 1. The minimum Gasteiger partial charge on any atom is -0.483 e. The first-order chi connectivity index (χ1) is 8.49. The number of para-hydroxylation sites is 1. The van der Waals surface area contributed by atoms with Gasteiger partial charge in [0.25, 0.3) is 5.91 Å². The Hall–Kier alpha value is -2.07. The molecule has 1 aromatic rings. The molecule has 0 saturated heterocycles. The first-order valence-electron chi connectivity index (χ1n) is 5.81. The molecule has 0 unspecified atom stereocenters. The molecule has 2 aliphatic rings.